The molecule has 0 spiro atoms. The average Bonchev–Trinajstić information content (AvgIpc) is 3.64. The number of carbonyl (C=O) groups is 2. The number of aryl methyl sites for hydroxylation is 1. The molecule has 12 nitrogen and oxygen atoms in total. The van der Waals surface area contributed by atoms with Crippen molar-refractivity contribution >= 4 is 34.1 Å². The Hall–Kier alpha value is -5.10. The Morgan fingerprint density at radius 1 is 1.04 bits per heavy atom. The van der Waals surface area contributed by atoms with Gasteiger partial charge in [-0.1, -0.05) is 24.3 Å². The number of imidazole rings is 2. The van der Waals surface area contributed by atoms with Crippen molar-refractivity contribution in [1.82, 2.24) is 29.3 Å². The number of alkyl carbamates (subject to hydrolysis) is 1. The van der Waals surface area contributed by atoms with Gasteiger partial charge in [0, 0.05) is 57.8 Å². The molecule has 2 amide bonds. The molecule has 2 atom stereocenters. The maximum Gasteiger partial charge on any atom is 0.407 e. The lowest BCUT2D eigenvalue weighted by atomic mass is 9.95. The van der Waals surface area contributed by atoms with E-state index in [0.717, 1.165) is 48.2 Å². The topological polar surface area (TPSA) is 133 Å². The Balaban J connectivity index is 1.19. The van der Waals surface area contributed by atoms with Gasteiger partial charge in [-0.25, -0.2) is 14.6 Å². The van der Waals surface area contributed by atoms with Crippen LogP contribution in [0, 0.1) is 0 Å². The molecule has 1 aliphatic rings. The van der Waals surface area contributed by atoms with Crippen molar-refractivity contribution in [3.63, 3.8) is 0 Å². The first-order valence-corrected chi connectivity index (χ1v) is 17.6. The Morgan fingerprint density at radius 2 is 1.82 bits per heavy atom. The third kappa shape index (κ3) is 8.45. The third-order valence-electron chi connectivity index (χ3n) is 9.26. The summed E-state index contributed by atoms with van der Waals surface area (Å²) in [7, 11) is 3.30. The summed E-state index contributed by atoms with van der Waals surface area (Å²) in [6, 6.07) is 20.6. The van der Waals surface area contributed by atoms with Crippen LogP contribution in [0.25, 0.3) is 27.8 Å². The van der Waals surface area contributed by atoms with Crippen LogP contribution in [0.2, 0.25) is 0 Å². The zero-order chi connectivity index (χ0) is 36.1. The molecule has 1 fully saturated rings. The highest BCUT2D eigenvalue weighted by Gasteiger charge is 2.31. The molecule has 1 saturated heterocycles. The van der Waals surface area contributed by atoms with Crippen LogP contribution in [0.15, 0.2) is 71.5 Å². The molecule has 1 aliphatic heterocycles. The van der Waals surface area contributed by atoms with E-state index in [0.29, 0.717) is 48.6 Å². The summed E-state index contributed by atoms with van der Waals surface area (Å²) in [6.45, 7) is 8.09. The van der Waals surface area contributed by atoms with E-state index in [9.17, 15) is 14.4 Å². The normalized spacial score (nSPS) is 15.6. The van der Waals surface area contributed by atoms with Gasteiger partial charge in [0.15, 0.2) is 0 Å². The number of likely N-dealkylation sites (tertiary alicyclic amines) is 1. The van der Waals surface area contributed by atoms with Crippen LogP contribution >= 0.6 is 0 Å². The summed E-state index contributed by atoms with van der Waals surface area (Å²) in [5.74, 6) is 1.71. The monoisotopic (exact) mass is 696 g/mol. The molecule has 0 saturated carbocycles. The first kappa shape index (κ1) is 35.7. The molecule has 6 rings (SSSR count). The van der Waals surface area contributed by atoms with Crippen molar-refractivity contribution in [2.24, 2.45) is 0 Å². The number of nitrogens with zero attached hydrogens (tertiary/aromatic N) is 4. The van der Waals surface area contributed by atoms with E-state index in [1.807, 2.05) is 80.3 Å². The summed E-state index contributed by atoms with van der Waals surface area (Å²) >= 11 is 0. The number of aromatic nitrogens is 4. The molecule has 2 N–H and O–H groups in total. The Labute approximate surface area is 297 Å². The highest BCUT2D eigenvalue weighted by Crippen LogP contribution is 2.30. The van der Waals surface area contributed by atoms with Gasteiger partial charge in [0.05, 0.1) is 34.9 Å². The largest absolute Gasteiger partial charge is 0.497 e. The first-order chi connectivity index (χ1) is 24.5. The first-order valence-electron chi connectivity index (χ1n) is 17.6. The zero-order valence-corrected chi connectivity index (χ0v) is 30.1. The number of amides is 2. The van der Waals surface area contributed by atoms with E-state index in [4.69, 9.17) is 19.2 Å². The Kier molecular flexibility index (Phi) is 10.8. The summed E-state index contributed by atoms with van der Waals surface area (Å²) in [4.78, 5) is 49.7. The lowest BCUT2D eigenvalue weighted by molar-refractivity contribution is -0.133. The van der Waals surface area contributed by atoms with Crippen LogP contribution in [0.3, 0.4) is 0 Å². The lowest BCUT2D eigenvalue weighted by Crippen LogP contribution is -2.46. The molecule has 2 aromatic heterocycles. The maximum atomic E-state index is 14.0. The van der Waals surface area contributed by atoms with Gasteiger partial charge in [0.1, 0.15) is 17.2 Å². The van der Waals surface area contributed by atoms with Gasteiger partial charge < -0.3 is 34.0 Å². The number of piperidine rings is 1. The van der Waals surface area contributed by atoms with Gasteiger partial charge in [-0.3, -0.25) is 9.36 Å². The van der Waals surface area contributed by atoms with Crippen LogP contribution in [0.4, 0.5) is 4.79 Å². The number of para-hydroxylation sites is 2. The van der Waals surface area contributed by atoms with E-state index >= 15 is 0 Å². The SMILES string of the molecule is COCCCn1c(C2CCCN(C(=O)CC(Cc3ccc(-n4c(=O)[nH]c5ccc(OC)cc54)cc3)NC(=O)OC(C)(C)C)C2)nc2ccccc21. The molecular weight excluding hydrogens is 648 g/mol. The molecule has 51 heavy (non-hydrogen) atoms. The van der Waals surface area contributed by atoms with E-state index in [1.165, 1.54) is 0 Å². The van der Waals surface area contributed by atoms with Crippen LogP contribution in [-0.2, 0) is 27.2 Å². The summed E-state index contributed by atoms with van der Waals surface area (Å²) < 4.78 is 20.2. The predicted molar refractivity (Wildman–Crippen MR) is 197 cm³/mol. The smallest absolute Gasteiger partial charge is 0.407 e. The molecule has 3 aromatic carbocycles. The highest BCUT2D eigenvalue weighted by atomic mass is 16.6. The number of H-pyrrole nitrogens is 1. The third-order valence-corrected chi connectivity index (χ3v) is 9.26. The van der Waals surface area contributed by atoms with Crippen LogP contribution in [-0.4, -0.2) is 81.6 Å². The van der Waals surface area contributed by atoms with E-state index in [1.54, 1.807) is 24.9 Å². The fourth-order valence-corrected chi connectivity index (χ4v) is 6.94. The van der Waals surface area contributed by atoms with Gasteiger partial charge in [-0.2, -0.15) is 0 Å². The van der Waals surface area contributed by atoms with E-state index < -0.39 is 17.7 Å². The quantitative estimate of drug-likeness (QED) is 0.154. The second-order valence-corrected chi connectivity index (χ2v) is 14.2. The number of aromatic amines is 1. The second-order valence-electron chi connectivity index (χ2n) is 14.2. The zero-order valence-electron chi connectivity index (χ0n) is 30.1. The molecule has 5 aromatic rings. The number of hydrogen-bond donors (Lipinski definition) is 2. The van der Waals surface area contributed by atoms with Crippen molar-refractivity contribution < 1.29 is 23.8 Å². The molecular formula is C39H48N6O6. The lowest BCUT2D eigenvalue weighted by Gasteiger charge is -2.34. The number of rotatable bonds is 12. The maximum absolute atomic E-state index is 14.0. The Morgan fingerprint density at radius 3 is 2.57 bits per heavy atom. The van der Waals surface area contributed by atoms with Crippen LogP contribution in [0.5, 0.6) is 5.75 Å². The van der Waals surface area contributed by atoms with Crippen LogP contribution in [0.1, 0.15) is 63.8 Å². The van der Waals surface area contributed by atoms with Crippen molar-refractivity contribution in [1.29, 1.82) is 0 Å². The molecule has 0 radical (unpaired) electrons. The summed E-state index contributed by atoms with van der Waals surface area (Å²) in [5.41, 5.74) is 4.09. The van der Waals surface area contributed by atoms with Crippen molar-refractivity contribution in [3.8, 4) is 11.4 Å². The number of carbonyl (C=O) groups excluding carboxylic acids is 2. The molecule has 3 heterocycles. The molecule has 12 heteroatoms. The van der Waals surface area contributed by atoms with Gasteiger partial charge in [-0.15, -0.1) is 0 Å². The molecule has 270 valence electrons. The minimum Gasteiger partial charge on any atom is -0.497 e. The van der Waals surface area contributed by atoms with Gasteiger partial charge in [0.25, 0.3) is 0 Å². The minimum absolute atomic E-state index is 0.0290. The van der Waals surface area contributed by atoms with Crippen molar-refractivity contribution in [2.45, 2.75) is 77.0 Å². The van der Waals surface area contributed by atoms with E-state index in [2.05, 4.69) is 20.9 Å². The van der Waals surface area contributed by atoms with Gasteiger partial charge in [-0.05, 0) is 88.4 Å². The van der Waals surface area contributed by atoms with Crippen molar-refractivity contribution in [3.05, 3.63) is 88.6 Å². The van der Waals surface area contributed by atoms with Crippen LogP contribution < -0.4 is 15.7 Å². The number of hydrogen-bond acceptors (Lipinski definition) is 7. The number of fused-ring (bicyclic) bond motifs is 2. The fraction of sp³-hybridized carbons (Fsp3) is 0.436. The average molecular weight is 697 g/mol. The second kappa shape index (κ2) is 15.4. The van der Waals surface area contributed by atoms with Gasteiger partial charge >= 0.3 is 11.8 Å². The highest BCUT2D eigenvalue weighted by molar-refractivity contribution is 5.80. The molecule has 0 bridgehead atoms. The van der Waals surface area contributed by atoms with Crippen molar-refractivity contribution in [2.75, 3.05) is 33.9 Å². The number of nitrogens with one attached hydrogen (secondary N) is 2. The Bertz CT molecular complexity index is 2040. The number of benzene rings is 3. The number of methoxy groups -OCH3 is 2. The summed E-state index contributed by atoms with van der Waals surface area (Å²) in [6.07, 6.45) is 2.61. The predicted octanol–water partition coefficient (Wildman–Crippen LogP) is 5.95. The fourth-order valence-electron chi connectivity index (χ4n) is 6.94. The standard InChI is InChI=1S/C39H48N6O6/c1-39(2,3)51-38(48)40-28(22-26-13-15-29(16-14-26)45-34-24-30(50-5)17-18-32(34)42-37(45)47)23-35(46)43-19-8-10-27(25-43)36-41-31-11-6-7-12-33(31)44(36)20-9-21-49-4/h6-7,11-18,24,27-28H,8-10,19-23,25H2,1-5H3,(H,40,48)(H,42,47). The molecule has 0 aliphatic carbocycles. The number of ether oxygens (including phenoxy) is 3. The molecule has 2 unspecified atom stereocenters. The minimum atomic E-state index is -0.690. The summed E-state index contributed by atoms with van der Waals surface area (Å²) in [5, 5.41) is 2.97. The van der Waals surface area contributed by atoms with E-state index in [-0.39, 0.29) is 23.9 Å². The van der Waals surface area contributed by atoms with Gasteiger partial charge in [0.2, 0.25) is 5.91 Å².